The van der Waals surface area contributed by atoms with Crippen molar-refractivity contribution in [2.45, 2.75) is 39.8 Å². The molecule has 1 aliphatic heterocycles. The van der Waals surface area contributed by atoms with Crippen LogP contribution in [0, 0.1) is 5.92 Å². The summed E-state index contributed by atoms with van der Waals surface area (Å²) in [5.74, 6) is 1.37. The summed E-state index contributed by atoms with van der Waals surface area (Å²) in [6, 6.07) is 1.93. The number of rotatable bonds is 4. The van der Waals surface area contributed by atoms with Crippen LogP contribution in [0.15, 0.2) is 21.7 Å². The average molecular weight is 344 g/mol. The van der Waals surface area contributed by atoms with Crippen LogP contribution >= 0.6 is 11.3 Å². The molecule has 126 valence electrons. The van der Waals surface area contributed by atoms with E-state index in [1.54, 1.807) is 22.2 Å². The molecule has 4 rings (SSSR count). The minimum absolute atomic E-state index is 0.0211. The number of fused-ring (bicyclic) bond motifs is 3. The van der Waals surface area contributed by atoms with Crippen molar-refractivity contribution in [3.63, 3.8) is 0 Å². The van der Waals surface area contributed by atoms with Gasteiger partial charge in [-0.15, -0.1) is 11.3 Å². The lowest BCUT2D eigenvalue weighted by Crippen LogP contribution is -2.25. The molecular formula is C17H20N4O2S. The fourth-order valence-electron chi connectivity index (χ4n) is 3.17. The van der Waals surface area contributed by atoms with Gasteiger partial charge in [-0.25, -0.2) is 4.98 Å². The fraction of sp³-hybridized carbons (Fsp3) is 0.471. The highest BCUT2D eigenvalue weighted by atomic mass is 32.1. The van der Waals surface area contributed by atoms with Crippen molar-refractivity contribution >= 4 is 21.6 Å². The minimum atomic E-state index is 0.0211. The molecular weight excluding hydrogens is 324 g/mol. The van der Waals surface area contributed by atoms with E-state index in [4.69, 9.17) is 4.52 Å². The molecule has 6 nitrogen and oxygen atoms in total. The molecule has 0 aliphatic carbocycles. The Morgan fingerprint density at radius 2 is 2.33 bits per heavy atom. The van der Waals surface area contributed by atoms with Crippen molar-refractivity contribution in [1.82, 2.24) is 20.0 Å². The molecule has 0 aromatic carbocycles. The molecule has 0 unspecified atom stereocenters. The van der Waals surface area contributed by atoms with Gasteiger partial charge in [-0.2, -0.15) is 0 Å². The number of aromatic nitrogens is 3. The van der Waals surface area contributed by atoms with E-state index in [0.717, 1.165) is 47.6 Å². The molecule has 24 heavy (non-hydrogen) atoms. The Morgan fingerprint density at radius 1 is 1.46 bits per heavy atom. The van der Waals surface area contributed by atoms with Crippen LogP contribution in [-0.2, 0) is 25.9 Å². The molecule has 0 atom stereocenters. The van der Waals surface area contributed by atoms with Gasteiger partial charge in [0.1, 0.15) is 16.3 Å². The molecule has 3 aromatic rings. The van der Waals surface area contributed by atoms with Gasteiger partial charge < -0.3 is 9.84 Å². The summed E-state index contributed by atoms with van der Waals surface area (Å²) in [5.41, 5.74) is 1.95. The lowest BCUT2D eigenvalue weighted by atomic mass is 10.1. The number of hydrogen-bond acceptors (Lipinski definition) is 6. The van der Waals surface area contributed by atoms with Gasteiger partial charge in [0, 0.05) is 23.9 Å². The van der Waals surface area contributed by atoms with Gasteiger partial charge in [0.05, 0.1) is 18.3 Å². The lowest BCUT2D eigenvalue weighted by molar-refractivity contribution is 0.362. The first-order valence-electron chi connectivity index (χ1n) is 8.26. The monoisotopic (exact) mass is 344 g/mol. The number of thiophene rings is 1. The molecule has 1 N–H and O–H groups in total. The van der Waals surface area contributed by atoms with Gasteiger partial charge in [-0.3, -0.25) is 9.36 Å². The van der Waals surface area contributed by atoms with Crippen molar-refractivity contribution < 1.29 is 4.52 Å². The first-order chi connectivity index (χ1) is 11.6. The number of nitrogens with zero attached hydrogens (tertiary/aromatic N) is 3. The predicted octanol–water partition coefficient (Wildman–Crippen LogP) is 2.34. The van der Waals surface area contributed by atoms with E-state index in [1.807, 2.05) is 6.07 Å². The second-order valence-corrected chi connectivity index (χ2v) is 7.75. The SMILES string of the molecule is CC(C)Cc1cc(Cn2cnc3sc4c(c3c2=O)CCNC4)no1. The Kier molecular flexibility index (Phi) is 3.97. The third kappa shape index (κ3) is 2.78. The van der Waals surface area contributed by atoms with Gasteiger partial charge in [-0.1, -0.05) is 19.0 Å². The quantitative estimate of drug-likeness (QED) is 0.786. The third-order valence-corrected chi connectivity index (χ3v) is 5.39. The average Bonchev–Trinajstić information content (AvgIpc) is 3.13. The molecule has 4 heterocycles. The molecule has 0 spiro atoms. The van der Waals surface area contributed by atoms with Gasteiger partial charge in [0.2, 0.25) is 0 Å². The molecule has 0 fully saturated rings. The molecule has 0 amide bonds. The van der Waals surface area contributed by atoms with Crippen LogP contribution < -0.4 is 10.9 Å². The summed E-state index contributed by atoms with van der Waals surface area (Å²) in [5, 5.41) is 8.22. The molecule has 7 heteroatoms. The largest absolute Gasteiger partial charge is 0.361 e. The molecule has 0 radical (unpaired) electrons. The fourth-order valence-corrected chi connectivity index (χ4v) is 4.31. The third-order valence-electron chi connectivity index (χ3n) is 4.25. The van der Waals surface area contributed by atoms with Gasteiger partial charge in [-0.05, 0) is 24.4 Å². The highest BCUT2D eigenvalue weighted by molar-refractivity contribution is 7.18. The van der Waals surface area contributed by atoms with E-state index >= 15 is 0 Å². The Morgan fingerprint density at radius 3 is 3.17 bits per heavy atom. The van der Waals surface area contributed by atoms with Crippen molar-refractivity contribution in [1.29, 1.82) is 0 Å². The second kappa shape index (κ2) is 6.14. The standard InChI is InChI=1S/C17H20N4O2S/c1-10(2)5-12-6-11(20-23-12)8-21-9-19-16-15(17(21)22)13-3-4-18-7-14(13)24-16/h6,9-10,18H,3-5,7-8H2,1-2H3. The normalized spacial score (nSPS) is 14.5. The lowest BCUT2D eigenvalue weighted by Gasteiger charge is -2.12. The van der Waals surface area contributed by atoms with Gasteiger partial charge in [0.25, 0.3) is 5.56 Å². The molecule has 0 saturated carbocycles. The summed E-state index contributed by atoms with van der Waals surface area (Å²) in [6.07, 6.45) is 3.36. The minimum Gasteiger partial charge on any atom is -0.361 e. The number of hydrogen-bond donors (Lipinski definition) is 1. The zero-order valence-corrected chi connectivity index (χ0v) is 14.7. The second-order valence-electron chi connectivity index (χ2n) is 6.67. The Hall–Kier alpha value is -1.99. The van der Waals surface area contributed by atoms with E-state index in [1.165, 1.54) is 10.4 Å². The highest BCUT2D eigenvalue weighted by Gasteiger charge is 2.20. The van der Waals surface area contributed by atoms with Crippen molar-refractivity contribution in [2.75, 3.05) is 6.54 Å². The van der Waals surface area contributed by atoms with E-state index in [9.17, 15) is 4.79 Å². The maximum atomic E-state index is 12.9. The molecule has 0 bridgehead atoms. The van der Waals surface area contributed by atoms with Crippen LogP contribution in [-0.4, -0.2) is 21.3 Å². The maximum absolute atomic E-state index is 12.9. The summed E-state index contributed by atoms with van der Waals surface area (Å²) in [4.78, 5) is 19.5. The summed E-state index contributed by atoms with van der Waals surface area (Å²) in [7, 11) is 0. The van der Waals surface area contributed by atoms with Crippen LogP contribution in [0.25, 0.3) is 10.2 Å². The summed E-state index contributed by atoms with van der Waals surface area (Å²) >= 11 is 1.62. The molecule has 0 saturated heterocycles. The first kappa shape index (κ1) is 15.5. The van der Waals surface area contributed by atoms with Crippen molar-refractivity contribution in [3.05, 3.63) is 44.6 Å². The van der Waals surface area contributed by atoms with Crippen molar-refractivity contribution in [3.8, 4) is 0 Å². The Bertz CT molecular complexity index is 938. The smallest absolute Gasteiger partial charge is 0.262 e. The zero-order chi connectivity index (χ0) is 16.7. The predicted molar refractivity (Wildman–Crippen MR) is 93.4 cm³/mol. The molecule has 3 aromatic heterocycles. The van der Waals surface area contributed by atoms with E-state index in [2.05, 4.69) is 29.3 Å². The van der Waals surface area contributed by atoms with Crippen LogP contribution in [0.3, 0.4) is 0 Å². The van der Waals surface area contributed by atoms with Gasteiger partial charge >= 0.3 is 0 Å². The number of nitrogens with one attached hydrogen (secondary N) is 1. The molecule has 1 aliphatic rings. The van der Waals surface area contributed by atoms with Crippen LogP contribution in [0.5, 0.6) is 0 Å². The summed E-state index contributed by atoms with van der Waals surface area (Å²) in [6.45, 7) is 6.41. The summed E-state index contributed by atoms with van der Waals surface area (Å²) < 4.78 is 6.99. The van der Waals surface area contributed by atoms with Crippen LogP contribution in [0.4, 0.5) is 0 Å². The van der Waals surface area contributed by atoms with E-state index in [0.29, 0.717) is 12.5 Å². The topological polar surface area (TPSA) is 73.0 Å². The van der Waals surface area contributed by atoms with Gasteiger partial charge in [0.15, 0.2) is 0 Å². The highest BCUT2D eigenvalue weighted by Crippen LogP contribution is 2.29. The van der Waals surface area contributed by atoms with Crippen molar-refractivity contribution in [2.24, 2.45) is 5.92 Å². The Labute approximate surface area is 143 Å². The maximum Gasteiger partial charge on any atom is 0.262 e. The van der Waals surface area contributed by atoms with Crippen LogP contribution in [0.2, 0.25) is 0 Å². The van der Waals surface area contributed by atoms with Crippen LogP contribution in [0.1, 0.15) is 35.7 Å². The Balaban J connectivity index is 1.68. The first-order valence-corrected chi connectivity index (χ1v) is 9.08. The van der Waals surface area contributed by atoms with E-state index < -0.39 is 0 Å². The zero-order valence-electron chi connectivity index (χ0n) is 13.8. The van der Waals surface area contributed by atoms with E-state index in [-0.39, 0.29) is 5.56 Å².